The first-order valence-electron chi connectivity index (χ1n) is 9.51. The second-order valence-corrected chi connectivity index (χ2v) is 8.19. The average molecular weight is 409 g/mol. The van der Waals surface area contributed by atoms with Gasteiger partial charge in [-0.25, -0.2) is 0 Å². The number of piperidine rings is 1. The zero-order chi connectivity index (χ0) is 17.6. The fourth-order valence-electron chi connectivity index (χ4n) is 4.06. The largest absolute Gasteiger partial charge is 0.496 e. The van der Waals surface area contributed by atoms with E-state index in [1.165, 1.54) is 18.4 Å². The van der Waals surface area contributed by atoms with Gasteiger partial charge in [0.2, 0.25) is 5.91 Å². The van der Waals surface area contributed by atoms with Gasteiger partial charge in [0.1, 0.15) is 5.75 Å². The molecule has 0 saturated carbocycles. The van der Waals surface area contributed by atoms with Crippen LogP contribution in [0.1, 0.15) is 44.1 Å². The number of benzene rings is 1. The molecule has 1 aromatic carbocycles. The van der Waals surface area contributed by atoms with Crippen LogP contribution in [0, 0.1) is 5.92 Å². The number of amides is 1. The van der Waals surface area contributed by atoms with Crippen molar-refractivity contribution in [3.8, 4) is 5.75 Å². The summed E-state index contributed by atoms with van der Waals surface area (Å²) in [5.41, 5.74) is 1.18. The Bertz CT molecular complexity index is 585. The van der Waals surface area contributed by atoms with E-state index in [2.05, 4.69) is 31.8 Å². The molecule has 2 aliphatic rings. The fourth-order valence-corrected chi connectivity index (χ4v) is 4.47. The van der Waals surface area contributed by atoms with Crippen molar-refractivity contribution in [1.82, 2.24) is 9.80 Å². The zero-order valence-corrected chi connectivity index (χ0v) is 16.8. The lowest BCUT2D eigenvalue weighted by atomic mass is 9.95. The van der Waals surface area contributed by atoms with Gasteiger partial charge in [0.25, 0.3) is 0 Å². The lowest BCUT2D eigenvalue weighted by Crippen LogP contribution is -2.44. The van der Waals surface area contributed by atoms with Gasteiger partial charge < -0.3 is 9.64 Å². The minimum absolute atomic E-state index is 0.157. The lowest BCUT2D eigenvalue weighted by molar-refractivity contribution is -0.137. The number of halogens is 1. The number of hydrogen-bond donors (Lipinski definition) is 0. The Labute approximate surface area is 159 Å². The molecule has 0 spiro atoms. The molecule has 0 aromatic heterocycles. The van der Waals surface area contributed by atoms with E-state index < -0.39 is 0 Å². The monoisotopic (exact) mass is 408 g/mol. The van der Waals surface area contributed by atoms with E-state index >= 15 is 0 Å². The topological polar surface area (TPSA) is 32.8 Å². The molecule has 1 aromatic rings. The van der Waals surface area contributed by atoms with Crippen molar-refractivity contribution in [1.29, 1.82) is 0 Å². The molecule has 2 saturated heterocycles. The number of likely N-dealkylation sites (tertiary alicyclic amines) is 2. The number of ether oxygens (including phenoxy) is 1. The second kappa shape index (κ2) is 9.04. The highest BCUT2D eigenvalue weighted by Crippen LogP contribution is 2.27. The first-order valence-corrected chi connectivity index (χ1v) is 10.3. The number of nitrogens with zero attached hydrogens (tertiary/aromatic N) is 2. The molecular formula is C20H29BrN2O2. The van der Waals surface area contributed by atoms with E-state index in [-0.39, 0.29) is 5.92 Å². The molecule has 2 heterocycles. The van der Waals surface area contributed by atoms with Crippen LogP contribution in [-0.4, -0.2) is 49.0 Å². The molecule has 5 heteroatoms. The molecule has 0 unspecified atom stereocenters. The Morgan fingerprint density at radius 3 is 2.64 bits per heavy atom. The van der Waals surface area contributed by atoms with E-state index in [1.54, 1.807) is 7.11 Å². The zero-order valence-electron chi connectivity index (χ0n) is 15.2. The van der Waals surface area contributed by atoms with Crippen LogP contribution >= 0.6 is 15.9 Å². The standard InChI is InChI=1S/C20H29BrN2O2/c1-25-19-9-8-18(21)13-17(19)15-22-10-6-7-16(14-22)20(24)23-11-4-2-3-5-12-23/h8-9,13,16H,2-7,10-12,14-15H2,1H3/t16-/m0/s1. The molecule has 3 rings (SSSR count). The maximum atomic E-state index is 12.9. The molecular weight excluding hydrogens is 380 g/mol. The maximum absolute atomic E-state index is 12.9. The third-order valence-corrected chi connectivity index (χ3v) is 5.90. The lowest BCUT2D eigenvalue weighted by Gasteiger charge is -2.35. The van der Waals surface area contributed by atoms with Crippen LogP contribution in [0.5, 0.6) is 5.75 Å². The highest BCUT2D eigenvalue weighted by molar-refractivity contribution is 9.10. The summed E-state index contributed by atoms with van der Waals surface area (Å²) in [6.07, 6.45) is 6.99. The summed E-state index contributed by atoms with van der Waals surface area (Å²) in [4.78, 5) is 17.5. The Kier molecular flexibility index (Phi) is 6.77. The molecule has 1 atom stereocenters. The van der Waals surface area contributed by atoms with E-state index in [4.69, 9.17) is 4.74 Å². The molecule has 0 N–H and O–H groups in total. The van der Waals surface area contributed by atoms with Gasteiger partial charge >= 0.3 is 0 Å². The van der Waals surface area contributed by atoms with Crippen molar-refractivity contribution in [2.24, 2.45) is 5.92 Å². The van der Waals surface area contributed by atoms with E-state index in [0.717, 1.165) is 68.6 Å². The Hall–Kier alpha value is -1.07. The molecule has 0 aliphatic carbocycles. The van der Waals surface area contributed by atoms with Gasteiger partial charge in [-0.3, -0.25) is 9.69 Å². The first-order chi connectivity index (χ1) is 12.2. The van der Waals surface area contributed by atoms with E-state index in [9.17, 15) is 4.79 Å². The number of carbonyl (C=O) groups excluding carboxylic acids is 1. The van der Waals surface area contributed by atoms with Crippen LogP contribution < -0.4 is 4.74 Å². The Morgan fingerprint density at radius 1 is 1.16 bits per heavy atom. The van der Waals surface area contributed by atoms with Gasteiger partial charge in [-0.15, -0.1) is 0 Å². The molecule has 0 radical (unpaired) electrons. The van der Waals surface area contributed by atoms with Crippen molar-refractivity contribution in [2.75, 3.05) is 33.3 Å². The van der Waals surface area contributed by atoms with Gasteiger partial charge in [0.15, 0.2) is 0 Å². The van der Waals surface area contributed by atoms with Gasteiger partial charge in [0.05, 0.1) is 13.0 Å². The van der Waals surface area contributed by atoms with Crippen molar-refractivity contribution >= 4 is 21.8 Å². The summed E-state index contributed by atoms with van der Waals surface area (Å²) in [5.74, 6) is 1.46. The van der Waals surface area contributed by atoms with Crippen molar-refractivity contribution in [3.63, 3.8) is 0 Å². The van der Waals surface area contributed by atoms with Crippen LogP contribution in [0.2, 0.25) is 0 Å². The van der Waals surface area contributed by atoms with Crippen LogP contribution in [0.4, 0.5) is 0 Å². The minimum atomic E-state index is 0.157. The molecule has 138 valence electrons. The molecule has 2 fully saturated rings. The van der Waals surface area contributed by atoms with Crippen LogP contribution in [0.3, 0.4) is 0 Å². The van der Waals surface area contributed by atoms with E-state index in [0.29, 0.717) is 5.91 Å². The smallest absolute Gasteiger partial charge is 0.226 e. The summed E-state index contributed by atoms with van der Waals surface area (Å²) in [6.45, 7) is 4.67. The highest BCUT2D eigenvalue weighted by atomic mass is 79.9. The molecule has 25 heavy (non-hydrogen) atoms. The van der Waals surface area contributed by atoms with Crippen molar-refractivity contribution in [3.05, 3.63) is 28.2 Å². The number of rotatable bonds is 4. The molecule has 4 nitrogen and oxygen atoms in total. The van der Waals surface area contributed by atoms with Crippen LogP contribution in [-0.2, 0) is 11.3 Å². The minimum Gasteiger partial charge on any atom is -0.496 e. The third-order valence-electron chi connectivity index (χ3n) is 5.41. The molecule has 1 amide bonds. The summed E-state index contributed by atoms with van der Waals surface area (Å²) < 4.78 is 6.57. The molecule has 0 bridgehead atoms. The summed E-state index contributed by atoms with van der Waals surface area (Å²) >= 11 is 3.55. The quantitative estimate of drug-likeness (QED) is 0.752. The highest BCUT2D eigenvalue weighted by Gasteiger charge is 2.29. The first kappa shape index (κ1) is 18.7. The van der Waals surface area contributed by atoms with Gasteiger partial charge in [-0.05, 0) is 50.4 Å². The Balaban J connectivity index is 1.63. The van der Waals surface area contributed by atoms with Crippen LogP contribution in [0.25, 0.3) is 0 Å². The number of carbonyl (C=O) groups is 1. The predicted molar refractivity (Wildman–Crippen MR) is 104 cm³/mol. The summed E-state index contributed by atoms with van der Waals surface area (Å²) in [5, 5.41) is 0. The molecule has 2 aliphatic heterocycles. The maximum Gasteiger partial charge on any atom is 0.226 e. The van der Waals surface area contributed by atoms with Crippen molar-refractivity contribution in [2.45, 2.75) is 45.1 Å². The summed E-state index contributed by atoms with van der Waals surface area (Å²) in [7, 11) is 1.72. The van der Waals surface area contributed by atoms with Crippen molar-refractivity contribution < 1.29 is 9.53 Å². The second-order valence-electron chi connectivity index (χ2n) is 7.27. The van der Waals surface area contributed by atoms with Crippen LogP contribution in [0.15, 0.2) is 22.7 Å². The number of hydrogen-bond acceptors (Lipinski definition) is 3. The average Bonchev–Trinajstić information content (AvgIpc) is 2.91. The normalized spacial score (nSPS) is 22.5. The third kappa shape index (κ3) is 4.98. The fraction of sp³-hybridized carbons (Fsp3) is 0.650. The Morgan fingerprint density at radius 2 is 1.92 bits per heavy atom. The predicted octanol–water partition coefficient (Wildman–Crippen LogP) is 4.07. The number of methoxy groups -OCH3 is 1. The SMILES string of the molecule is COc1ccc(Br)cc1CN1CCC[C@H](C(=O)N2CCCCCC2)C1. The van der Waals surface area contributed by atoms with Gasteiger partial charge in [-0.1, -0.05) is 28.8 Å². The van der Waals surface area contributed by atoms with Gasteiger partial charge in [0, 0.05) is 36.2 Å². The summed E-state index contributed by atoms with van der Waals surface area (Å²) in [6, 6.07) is 6.13. The van der Waals surface area contributed by atoms with E-state index in [1.807, 2.05) is 12.1 Å². The van der Waals surface area contributed by atoms with Gasteiger partial charge in [-0.2, -0.15) is 0 Å².